The van der Waals surface area contributed by atoms with Crippen LogP contribution in [-0.2, 0) is 32.2 Å². The predicted octanol–water partition coefficient (Wildman–Crippen LogP) is 9.07. The van der Waals surface area contributed by atoms with Crippen molar-refractivity contribution in [3.8, 4) is 0 Å². The molecule has 0 atom stereocenters. The summed E-state index contributed by atoms with van der Waals surface area (Å²) in [6, 6.07) is 38.3. The molecule has 58 heavy (non-hydrogen) atoms. The van der Waals surface area contributed by atoms with Crippen LogP contribution in [0.25, 0.3) is 0 Å². The summed E-state index contributed by atoms with van der Waals surface area (Å²) in [5, 5.41) is 23.0. The van der Waals surface area contributed by atoms with E-state index in [-0.39, 0.29) is 11.9 Å². The van der Waals surface area contributed by atoms with Gasteiger partial charge in [-0.1, -0.05) is 84.9 Å². The molecule has 0 radical (unpaired) electrons. The van der Waals surface area contributed by atoms with Gasteiger partial charge in [0.05, 0.1) is 24.3 Å². The van der Waals surface area contributed by atoms with Crippen molar-refractivity contribution >= 4 is 23.9 Å². The number of rotatable bonds is 14. The van der Waals surface area contributed by atoms with Gasteiger partial charge < -0.3 is 30.3 Å². The number of ether oxygens (including phenoxy) is 2. The van der Waals surface area contributed by atoms with E-state index in [2.05, 4.69) is 95.6 Å². The monoisotopic (exact) mass is 790 g/mol. The van der Waals surface area contributed by atoms with E-state index in [1.54, 1.807) is 0 Å². The smallest absolute Gasteiger partial charge is 0.338 e. The average Bonchev–Trinajstić information content (AvgIpc) is 3.26. The first kappa shape index (κ1) is 45.1. The van der Waals surface area contributed by atoms with Crippen molar-refractivity contribution in [3.63, 3.8) is 0 Å². The van der Waals surface area contributed by atoms with Crippen LogP contribution < -0.4 is 10.6 Å². The predicted molar refractivity (Wildman–Crippen MR) is 226 cm³/mol. The fourth-order valence-electron chi connectivity index (χ4n) is 7.33. The minimum atomic E-state index is -1.26. The maximum Gasteiger partial charge on any atom is 0.338 e. The van der Waals surface area contributed by atoms with Gasteiger partial charge in [-0.15, -0.1) is 0 Å². The van der Waals surface area contributed by atoms with Crippen molar-refractivity contribution in [2.45, 2.75) is 102 Å². The highest BCUT2D eigenvalue weighted by molar-refractivity contribution is 5.90. The van der Waals surface area contributed by atoms with Gasteiger partial charge >= 0.3 is 23.9 Å². The third-order valence-electron chi connectivity index (χ3n) is 10.5. The summed E-state index contributed by atoms with van der Waals surface area (Å²) in [7, 11) is 0. The van der Waals surface area contributed by atoms with Crippen LogP contribution in [0, 0.1) is 0 Å². The molecule has 4 N–H and O–H groups in total. The highest BCUT2D eigenvalue weighted by Crippen LogP contribution is 2.34. The van der Waals surface area contributed by atoms with Crippen LogP contribution in [0.4, 0.5) is 0 Å². The number of aliphatic carboxylic acids is 2. The molecule has 2 saturated carbocycles. The standard InChI is InChI=1S/2C22H27NO2.C4H4O4/c2*1-2-25-22(24)20-10-8-18(9-11-20)19-12-14-21(15-13-19)23-16-17-6-4-3-5-7-17;5-3(6)1-2-4(7)8/h2*3-11,19,21,23H,2,12-16H2,1H3;1-2H,(H,5,6)(H,7,8)/b;;2-1+. The fourth-order valence-corrected chi connectivity index (χ4v) is 7.33. The zero-order chi connectivity index (χ0) is 41.5. The van der Waals surface area contributed by atoms with Gasteiger partial charge in [0.2, 0.25) is 0 Å². The SMILES string of the molecule is CCOC(=O)c1ccc(C2CCC(NCc3ccccc3)CC2)cc1.CCOC(=O)c1ccc(C2CCC(NCc3ccccc3)CC2)cc1.O=C(O)/C=C/C(=O)O. The zero-order valence-corrected chi connectivity index (χ0v) is 33.7. The van der Waals surface area contributed by atoms with Gasteiger partial charge in [-0.3, -0.25) is 0 Å². The molecule has 6 rings (SSSR count). The van der Waals surface area contributed by atoms with Gasteiger partial charge in [0.25, 0.3) is 0 Å². The van der Waals surface area contributed by atoms with Crippen LogP contribution >= 0.6 is 0 Å². The molecule has 2 aliphatic carbocycles. The molecule has 308 valence electrons. The molecule has 0 unspecified atom stereocenters. The lowest BCUT2D eigenvalue weighted by atomic mass is 9.81. The molecule has 4 aromatic rings. The quantitative estimate of drug-likeness (QED) is 0.0720. The number of benzene rings is 4. The molecule has 0 saturated heterocycles. The molecule has 0 spiro atoms. The number of carbonyl (C=O) groups excluding carboxylic acids is 2. The van der Waals surface area contributed by atoms with Crippen LogP contribution in [-0.4, -0.2) is 59.4 Å². The van der Waals surface area contributed by atoms with Crippen molar-refractivity contribution in [3.05, 3.63) is 155 Å². The van der Waals surface area contributed by atoms with Crippen molar-refractivity contribution in [1.82, 2.24) is 10.6 Å². The fraction of sp³-hybridized carbons (Fsp3) is 0.375. The number of carbonyl (C=O) groups is 4. The second kappa shape index (κ2) is 24.9. The highest BCUT2D eigenvalue weighted by Gasteiger charge is 2.23. The number of hydrogen-bond donors (Lipinski definition) is 4. The third kappa shape index (κ3) is 16.1. The van der Waals surface area contributed by atoms with Gasteiger partial charge in [-0.25, -0.2) is 19.2 Å². The maximum atomic E-state index is 11.7. The van der Waals surface area contributed by atoms with E-state index in [4.69, 9.17) is 19.7 Å². The van der Waals surface area contributed by atoms with Crippen LogP contribution in [0.5, 0.6) is 0 Å². The van der Waals surface area contributed by atoms with E-state index in [9.17, 15) is 19.2 Å². The first-order chi connectivity index (χ1) is 28.1. The summed E-state index contributed by atoms with van der Waals surface area (Å²) in [6.07, 6.45) is 10.7. The molecule has 10 heteroatoms. The Balaban J connectivity index is 0.000000217. The normalized spacial score (nSPS) is 18.7. The van der Waals surface area contributed by atoms with E-state index in [1.165, 1.54) is 73.6 Å². The number of carboxylic acids is 2. The Kier molecular flexibility index (Phi) is 19.4. The first-order valence-electron chi connectivity index (χ1n) is 20.4. The highest BCUT2D eigenvalue weighted by atomic mass is 16.5. The van der Waals surface area contributed by atoms with E-state index in [1.807, 2.05) is 38.1 Å². The van der Waals surface area contributed by atoms with Crippen molar-refractivity contribution in [2.75, 3.05) is 13.2 Å². The lowest BCUT2D eigenvalue weighted by Crippen LogP contribution is -2.32. The van der Waals surface area contributed by atoms with Crippen molar-refractivity contribution in [2.24, 2.45) is 0 Å². The van der Waals surface area contributed by atoms with E-state index < -0.39 is 11.9 Å². The van der Waals surface area contributed by atoms with E-state index >= 15 is 0 Å². The van der Waals surface area contributed by atoms with Gasteiger partial charge in [-0.2, -0.15) is 0 Å². The summed E-state index contributed by atoms with van der Waals surface area (Å²) >= 11 is 0. The van der Waals surface area contributed by atoms with E-state index in [0.717, 1.165) is 13.1 Å². The second-order valence-electron chi connectivity index (χ2n) is 14.5. The molecular weight excluding hydrogens is 733 g/mol. The molecular formula is C48H58N2O8. The Morgan fingerprint density at radius 1 is 0.517 bits per heavy atom. The molecule has 2 aliphatic rings. The van der Waals surface area contributed by atoms with Crippen LogP contribution in [0.1, 0.15) is 120 Å². The first-order valence-corrected chi connectivity index (χ1v) is 20.4. The average molecular weight is 791 g/mol. The van der Waals surface area contributed by atoms with Gasteiger partial charge in [-0.05, 0) is 124 Å². The van der Waals surface area contributed by atoms with Gasteiger partial charge in [0.15, 0.2) is 0 Å². The Morgan fingerprint density at radius 2 is 0.845 bits per heavy atom. The summed E-state index contributed by atoms with van der Waals surface area (Å²) in [6.45, 7) is 6.39. The number of carboxylic acid groups (broad SMARTS) is 2. The Morgan fingerprint density at radius 3 is 1.14 bits per heavy atom. The Labute approximate surface area is 342 Å². The molecule has 0 aromatic heterocycles. The third-order valence-corrected chi connectivity index (χ3v) is 10.5. The minimum Gasteiger partial charge on any atom is -0.478 e. The zero-order valence-electron chi connectivity index (χ0n) is 33.7. The molecule has 4 aromatic carbocycles. The van der Waals surface area contributed by atoms with Crippen LogP contribution in [0.3, 0.4) is 0 Å². The Hall–Kier alpha value is -5.58. The molecule has 0 heterocycles. The van der Waals surface area contributed by atoms with Crippen LogP contribution in [0.2, 0.25) is 0 Å². The summed E-state index contributed by atoms with van der Waals surface area (Å²) in [5.41, 5.74) is 6.66. The number of esters is 2. The largest absolute Gasteiger partial charge is 0.478 e. The Bertz CT molecular complexity index is 1710. The maximum absolute atomic E-state index is 11.7. The topological polar surface area (TPSA) is 151 Å². The molecule has 0 bridgehead atoms. The lowest BCUT2D eigenvalue weighted by molar-refractivity contribution is -0.134. The summed E-state index contributed by atoms with van der Waals surface area (Å²) in [4.78, 5) is 42.6. The summed E-state index contributed by atoms with van der Waals surface area (Å²) < 4.78 is 10.1. The van der Waals surface area contributed by atoms with Crippen molar-refractivity contribution < 1.29 is 38.9 Å². The summed E-state index contributed by atoms with van der Waals surface area (Å²) in [5.74, 6) is -1.78. The number of hydrogen-bond acceptors (Lipinski definition) is 8. The number of nitrogens with one attached hydrogen (secondary N) is 2. The molecule has 0 amide bonds. The molecule has 2 fully saturated rings. The van der Waals surface area contributed by atoms with Crippen LogP contribution in [0.15, 0.2) is 121 Å². The molecule has 10 nitrogen and oxygen atoms in total. The lowest BCUT2D eigenvalue weighted by Gasteiger charge is -2.29. The van der Waals surface area contributed by atoms with Gasteiger partial charge in [0.1, 0.15) is 0 Å². The van der Waals surface area contributed by atoms with Gasteiger partial charge in [0, 0.05) is 37.3 Å². The molecule has 0 aliphatic heterocycles. The second-order valence-corrected chi connectivity index (χ2v) is 14.5. The van der Waals surface area contributed by atoms with E-state index in [0.29, 0.717) is 60.4 Å². The van der Waals surface area contributed by atoms with Crippen molar-refractivity contribution in [1.29, 1.82) is 0 Å². The minimum absolute atomic E-state index is 0.233.